The minimum Gasteiger partial charge on any atom is -0.450 e. The number of hydrogen-bond acceptors (Lipinski definition) is 6. The summed E-state index contributed by atoms with van der Waals surface area (Å²) in [6, 6.07) is 13.3. The number of halogens is 1. The number of hydrogen-bond donors (Lipinski definition) is 0. The molecule has 0 N–H and O–H groups in total. The quantitative estimate of drug-likeness (QED) is 0.491. The lowest BCUT2D eigenvalue weighted by Crippen LogP contribution is -2.29. The number of aryl methyl sites for hydroxylation is 1. The molecule has 1 amide bonds. The summed E-state index contributed by atoms with van der Waals surface area (Å²) in [5.41, 5.74) is 1.13. The largest absolute Gasteiger partial charge is 0.450 e. The highest BCUT2D eigenvalue weighted by atomic mass is 35.5. The molecule has 3 heterocycles. The van der Waals surface area contributed by atoms with Gasteiger partial charge in [0.15, 0.2) is 5.43 Å². The molecule has 2 aromatic heterocycles. The van der Waals surface area contributed by atoms with Crippen molar-refractivity contribution in [2.24, 2.45) is 0 Å². The molecule has 0 saturated heterocycles. The molecule has 1 unspecified atom stereocenters. The van der Waals surface area contributed by atoms with Crippen molar-refractivity contribution >= 4 is 44.9 Å². The van der Waals surface area contributed by atoms with Gasteiger partial charge in [-0.15, -0.1) is 10.2 Å². The van der Waals surface area contributed by atoms with E-state index in [1.165, 1.54) is 16.2 Å². The average Bonchev–Trinajstić information content (AvgIpc) is 3.23. The monoisotopic (exact) mass is 409 g/mol. The molecule has 0 fully saturated rings. The first kappa shape index (κ1) is 17.1. The van der Waals surface area contributed by atoms with Crippen molar-refractivity contribution in [1.29, 1.82) is 0 Å². The summed E-state index contributed by atoms with van der Waals surface area (Å²) in [7, 11) is 0. The van der Waals surface area contributed by atoms with E-state index >= 15 is 0 Å². The molecule has 8 heteroatoms. The summed E-state index contributed by atoms with van der Waals surface area (Å²) >= 11 is 7.47. The van der Waals surface area contributed by atoms with E-state index in [0.717, 1.165) is 0 Å². The first-order valence-electron chi connectivity index (χ1n) is 8.49. The van der Waals surface area contributed by atoms with Gasteiger partial charge in [0, 0.05) is 5.02 Å². The van der Waals surface area contributed by atoms with Crippen LogP contribution in [0.25, 0.3) is 11.0 Å². The summed E-state index contributed by atoms with van der Waals surface area (Å²) in [6.45, 7) is 1.81. The van der Waals surface area contributed by atoms with Gasteiger partial charge in [-0.05, 0) is 36.8 Å². The molecule has 138 valence electrons. The number of benzene rings is 2. The van der Waals surface area contributed by atoms with Crippen LogP contribution in [0.1, 0.15) is 32.7 Å². The van der Waals surface area contributed by atoms with E-state index in [0.29, 0.717) is 37.3 Å². The number of anilines is 1. The lowest BCUT2D eigenvalue weighted by atomic mass is 9.99. The fourth-order valence-electron chi connectivity index (χ4n) is 3.49. The maximum absolute atomic E-state index is 13.3. The van der Waals surface area contributed by atoms with Gasteiger partial charge < -0.3 is 4.42 Å². The molecule has 28 heavy (non-hydrogen) atoms. The third kappa shape index (κ3) is 2.47. The zero-order valence-electron chi connectivity index (χ0n) is 14.5. The van der Waals surface area contributed by atoms with Gasteiger partial charge in [-0.3, -0.25) is 14.5 Å². The molecular formula is C20H12ClN3O3S. The Balaban J connectivity index is 1.84. The van der Waals surface area contributed by atoms with E-state index in [1.54, 1.807) is 49.4 Å². The van der Waals surface area contributed by atoms with Gasteiger partial charge in [0.2, 0.25) is 10.9 Å². The Hall–Kier alpha value is -3.03. The Morgan fingerprint density at radius 3 is 2.68 bits per heavy atom. The van der Waals surface area contributed by atoms with Crippen LogP contribution >= 0.6 is 22.9 Å². The van der Waals surface area contributed by atoms with Crippen LogP contribution in [-0.4, -0.2) is 16.1 Å². The molecule has 5 rings (SSSR count). The van der Waals surface area contributed by atoms with E-state index in [2.05, 4.69) is 10.2 Å². The SMILES string of the molecule is Cc1nnc(N2C(=O)c3oc4ccccc4c(=O)c3C2c2cccc(Cl)c2)s1. The zero-order chi connectivity index (χ0) is 19.4. The highest BCUT2D eigenvalue weighted by Gasteiger charge is 2.45. The Morgan fingerprint density at radius 2 is 1.93 bits per heavy atom. The standard InChI is InChI=1S/C20H12ClN3O3S/c1-10-22-23-20(28-10)24-16(11-5-4-6-12(21)9-11)15-17(25)13-7-2-3-8-14(13)27-18(15)19(24)26/h2-9,16H,1H3. The topological polar surface area (TPSA) is 76.3 Å². The molecule has 2 aromatic carbocycles. The van der Waals surface area contributed by atoms with Crippen LogP contribution in [0.5, 0.6) is 0 Å². The van der Waals surface area contributed by atoms with E-state index in [1.807, 2.05) is 6.07 Å². The molecule has 0 radical (unpaired) electrons. The molecule has 6 nitrogen and oxygen atoms in total. The minimum absolute atomic E-state index is 0.0292. The van der Waals surface area contributed by atoms with Crippen molar-refractivity contribution in [3.63, 3.8) is 0 Å². The molecule has 0 saturated carbocycles. The number of carbonyl (C=O) groups is 1. The van der Waals surface area contributed by atoms with E-state index < -0.39 is 11.9 Å². The number of fused-ring (bicyclic) bond motifs is 2. The highest BCUT2D eigenvalue weighted by Crippen LogP contribution is 2.42. The van der Waals surface area contributed by atoms with Crippen molar-refractivity contribution in [3.05, 3.63) is 85.7 Å². The normalized spacial score (nSPS) is 16.0. The molecule has 0 bridgehead atoms. The minimum atomic E-state index is -0.686. The van der Waals surface area contributed by atoms with Crippen LogP contribution in [-0.2, 0) is 0 Å². The summed E-state index contributed by atoms with van der Waals surface area (Å²) < 4.78 is 5.87. The number of amides is 1. The second kappa shape index (κ2) is 6.25. The van der Waals surface area contributed by atoms with Crippen LogP contribution in [0.15, 0.2) is 57.7 Å². The Labute approximate surface area is 168 Å². The fraction of sp³-hybridized carbons (Fsp3) is 0.100. The Bertz CT molecular complexity index is 1310. The molecule has 0 spiro atoms. The van der Waals surface area contributed by atoms with Gasteiger partial charge >= 0.3 is 0 Å². The number of rotatable bonds is 2. The van der Waals surface area contributed by atoms with Crippen molar-refractivity contribution in [2.75, 3.05) is 4.90 Å². The van der Waals surface area contributed by atoms with Crippen LogP contribution in [0.4, 0.5) is 5.13 Å². The van der Waals surface area contributed by atoms with Crippen LogP contribution in [0, 0.1) is 6.92 Å². The van der Waals surface area contributed by atoms with Gasteiger partial charge in [-0.25, -0.2) is 0 Å². The predicted octanol–water partition coefficient (Wildman–Crippen LogP) is 4.36. The summed E-state index contributed by atoms with van der Waals surface area (Å²) in [6.07, 6.45) is 0. The van der Waals surface area contributed by atoms with Crippen LogP contribution in [0.2, 0.25) is 5.02 Å². The number of aromatic nitrogens is 2. The average molecular weight is 410 g/mol. The lowest BCUT2D eigenvalue weighted by Gasteiger charge is -2.22. The number of carbonyl (C=O) groups excluding carboxylic acids is 1. The number of nitrogens with zero attached hydrogens (tertiary/aromatic N) is 3. The Morgan fingerprint density at radius 1 is 1.11 bits per heavy atom. The van der Waals surface area contributed by atoms with Crippen molar-refractivity contribution in [3.8, 4) is 0 Å². The van der Waals surface area contributed by atoms with Crippen molar-refractivity contribution in [1.82, 2.24) is 10.2 Å². The van der Waals surface area contributed by atoms with E-state index in [9.17, 15) is 9.59 Å². The third-order valence-corrected chi connectivity index (χ3v) is 5.74. The van der Waals surface area contributed by atoms with Gasteiger partial charge in [-0.1, -0.05) is 47.2 Å². The molecule has 0 aliphatic carbocycles. The maximum atomic E-state index is 13.3. The Kier molecular flexibility index (Phi) is 3.82. The van der Waals surface area contributed by atoms with Crippen molar-refractivity contribution < 1.29 is 9.21 Å². The molecule has 1 aliphatic heterocycles. The molecule has 1 atom stereocenters. The summed E-state index contributed by atoms with van der Waals surface area (Å²) in [5, 5.41) is 10.2. The second-order valence-corrected chi connectivity index (χ2v) is 8.00. The van der Waals surface area contributed by atoms with Gasteiger partial charge in [-0.2, -0.15) is 0 Å². The van der Waals surface area contributed by atoms with Crippen molar-refractivity contribution in [2.45, 2.75) is 13.0 Å². The second-order valence-electron chi connectivity index (χ2n) is 6.41. The van der Waals surface area contributed by atoms with Crippen LogP contribution < -0.4 is 10.3 Å². The first-order valence-corrected chi connectivity index (χ1v) is 9.69. The van der Waals surface area contributed by atoms with Gasteiger partial charge in [0.25, 0.3) is 5.91 Å². The molecular weight excluding hydrogens is 398 g/mol. The maximum Gasteiger partial charge on any atom is 0.297 e. The smallest absolute Gasteiger partial charge is 0.297 e. The van der Waals surface area contributed by atoms with Crippen LogP contribution in [0.3, 0.4) is 0 Å². The first-order chi connectivity index (χ1) is 13.5. The molecule has 4 aromatic rings. The van der Waals surface area contributed by atoms with E-state index in [4.69, 9.17) is 16.0 Å². The van der Waals surface area contributed by atoms with E-state index in [-0.39, 0.29) is 11.2 Å². The third-order valence-electron chi connectivity index (χ3n) is 4.66. The molecule has 1 aliphatic rings. The zero-order valence-corrected chi connectivity index (χ0v) is 16.1. The summed E-state index contributed by atoms with van der Waals surface area (Å²) in [5.74, 6) is -0.388. The van der Waals surface area contributed by atoms with Gasteiger partial charge in [0.05, 0.1) is 17.0 Å². The predicted molar refractivity (Wildman–Crippen MR) is 107 cm³/mol. The fourth-order valence-corrected chi connectivity index (χ4v) is 4.41. The lowest BCUT2D eigenvalue weighted by molar-refractivity contribution is 0.0970. The summed E-state index contributed by atoms with van der Waals surface area (Å²) in [4.78, 5) is 28.0. The van der Waals surface area contributed by atoms with Gasteiger partial charge in [0.1, 0.15) is 10.6 Å². The number of para-hydroxylation sites is 1. The highest BCUT2D eigenvalue weighted by molar-refractivity contribution is 7.15.